The Labute approximate surface area is 76.9 Å². The van der Waals surface area contributed by atoms with E-state index in [-0.39, 0.29) is 5.84 Å². The summed E-state index contributed by atoms with van der Waals surface area (Å²) in [5, 5.41) is 7.37. The van der Waals surface area contributed by atoms with Gasteiger partial charge in [-0.25, -0.2) is 0 Å². The molecule has 0 fully saturated rings. The van der Waals surface area contributed by atoms with Crippen LogP contribution in [0.4, 0.5) is 0 Å². The minimum Gasteiger partial charge on any atom is -0.384 e. The van der Waals surface area contributed by atoms with Crippen LogP contribution >= 0.6 is 0 Å². The van der Waals surface area contributed by atoms with Crippen molar-refractivity contribution < 1.29 is 0 Å². The number of fused-ring (bicyclic) bond motifs is 1. The van der Waals surface area contributed by atoms with Gasteiger partial charge in [-0.15, -0.1) is 0 Å². The van der Waals surface area contributed by atoms with Crippen LogP contribution < -0.4 is 5.73 Å². The average molecular weight is 170 g/mol. The highest BCUT2D eigenvalue weighted by Crippen LogP contribution is 2.25. The Morgan fingerprint density at radius 1 is 1.00 bits per heavy atom. The maximum absolute atomic E-state index is 7.37. The maximum atomic E-state index is 7.37. The van der Waals surface area contributed by atoms with Gasteiger partial charge in [-0.2, -0.15) is 0 Å². The van der Waals surface area contributed by atoms with Crippen molar-refractivity contribution >= 4 is 5.84 Å². The second kappa shape index (κ2) is 2.90. The van der Waals surface area contributed by atoms with Gasteiger partial charge in [0, 0.05) is 5.56 Å². The second-order valence-electron chi connectivity index (χ2n) is 2.94. The van der Waals surface area contributed by atoms with E-state index in [0.717, 1.165) is 16.7 Å². The third kappa shape index (κ3) is 1.26. The highest BCUT2D eigenvalue weighted by Gasteiger charge is 2.08. The fourth-order valence-electron chi connectivity index (χ4n) is 1.45. The summed E-state index contributed by atoms with van der Waals surface area (Å²) >= 11 is 0. The summed E-state index contributed by atoms with van der Waals surface area (Å²) in [5.74, 6) is 0.126. The lowest BCUT2D eigenvalue weighted by Gasteiger charge is -1.97. The molecule has 0 bridgehead atoms. The minimum atomic E-state index is 0.126. The smallest absolute Gasteiger partial charge is 0.123 e. The van der Waals surface area contributed by atoms with Gasteiger partial charge in [0.15, 0.2) is 0 Å². The third-order valence-electron chi connectivity index (χ3n) is 2.08. The van der Waals surface area contributed by atoms with E-state index in [4.69, 9.17) is 11.1 Å². The summed E-state index contributed by atoms with van der Waals surface area (Å²) in [5.41, 5.74) is 8.42. The van der Waals surface area contributed by atoms with Crippen molar-refractivity contribution in [3.63, 3.8) is 0 Å². The van der Waals surface area contributed by atoms with E-state index in [1.54, 1.807) is 0 Å². The van der Waals surface area contributed by atoms with Gasteiger partial charge in [-0.1, -0.05) is 42.5 Å². The molecule has 0 saturated heterocycles. The first-order valence-electron chi connectivity index (χ1n) is 4.11. The van der Waals surface area contributed by atoms with Crippen LogP contribution in [0.15, 0.2) is 42.5 Å². The van der Waals surface area contributed by atoms with Gasteiger partial charge in [0.2, 0.25) is 0 Å². The van der Waals surface area contributed by atoms with E-state index in [0.29, 0.717) is 0 Å². The molecule has 13 heavy (non-hydrogen) atoms. The number of hydrogen-bond donors (Lipinski definition) is 2. The topological polar surface area (TPSA) is 49.9 Å². The zero-order valence-electron chi connectivity index (χ0n) is 7.12. The van der Waals surface area contributed by atoms with Crippen LogP contribution in [0.3, 0.4) is 0 Å². The number of amidine groups is 1. The lowest BCUT2D eigenvalue weighted by Crippen LogP contribution is -2.10. The summed E-state index contributed by atoms with van der Waals surface area (Å²) in [7, 11) is 0. The van der Waals surface area contributed by atoms with E-state index in [1.807, 2.05) is 42.5 Å². The molecule has 0 aromatic heterocycles. The van der Waals surface area contributed by atoms with Crippen LogP contribution in [0.2, 0.25) is 0 Å². The van der Waals surface area contributed by atoms with Crippen molar-refractivity contribution in [2.75, 3.05) is 0 Å². The van der Waals surface area contributed by atoms with Crippen LogP contribution in [-0.2, 0) is 0 Å². The summed E-state index contributed by atoms with van der Waals surface area (Å²) < 4.78 is 0. The lowest BCUT2D eigenvalue weighted by atomic mass is 10.1. The molecule has 2 aliphatic carbocycles. The molecule has 2 aliphatic rings. The fourth-order valence-corrected chi connectivity index (χ4v) is 1.45. The largest absolute Gasteiger partial charge is 0.384 e. The van der Waals surface area contributed by atoms with Gasteiger partial charge in [0.1, 0.15) is 5.84 Å². The molecule has 0 radical (unpaired) electrons. The van der Waals surface area contributed by atoms with Crippen molar-refractivity contribution in [3.8, 4) is 11.1 Å². The van der Waals surface area contributed by atoms with Crippen molar-refractivity contribution in [1.29, 1.82) is 5.41 Å². The summed E-state index contributed by atoms with van der Waals surface area (Å²) in [6.07, 6.45) is 0. The fraction of sp³-hybridized carbons (Fsp3) is 0. The Morgan fingerprint density at radius 2 is 1.77 bits per heavy atom. The molecule has 0 aromatic rings. The predicted molar refractivity (Wildman–Crippen MR) is 54.1 cm³/mol. The predicted octanol–water partition coefficient (Wildman–Crippen LogP) is 2.08. The SMILES string of the molecule is N=C(N)c1ccc2cccccc1-2. The minimum absolute atomic E-state index is 0.126. The number of nitrogen functional groups attached to an aromatic ring is 1. The number of hydrogen-bond acceptors (Lipinski definition) is 1. The zero-order valence-corrected chi connectivity index (χ0v) is 7.12. The molecule has 0 atom stereocenters. The Hall–Kier alpha value is -1.83. The number of nitrogens with two attached hydrogens (primary N) is 1. The van der Waals surface area contributed by atoms with Gasteiger partial charge in [0.25, 0.3) is 0 Å². The second-order valence-corrected chi connectivity index (χ2v) is 2.94. The monoisotopic (exact) mass is 170 g/mol. The highest BCUT2D eigenvalue weighted by molar-refractivity contribution is 6.02. The Morgan fingerprint density at radius 3 is 2.54 bits per heavy atom. The molecule has 2 rings (SSSR count). The van der Waals surface area contributed by atoms with Crippen molar-refractivity contribution in [3.05, 3.63) is 48.0 Å². The van der Waals surface area contributed by atoms with E-state index >= 15 is 0 Å². The molecule has 3 N–H and O–H groups in total. The molecule has 0 spiro atoms. The van der Waals surface area contributed by atoms with Crippen molar-refractivity contribution in [1.82, 2.24) is 0 Å². The molecule has 0 amide bonds. The van der Waals surface area contributed by atoms with Crippen molar-refractivity contribution in [2.45, 2.75) is 0 Å². The molecule has 0 heterocycles. The van der Waals surface area contributed by atoms with Crippen LogP contribution in [0, 0.1) is 5.41 Å². The van der Waals surface area contributed by atoms with Crippen LogP contribution in [0.5, 0.6) is 0 Å². The standard InChI is InChI=1S/C11H10N2/c12-11(13)10-7-6-8-4-2-1-3-5-9(8)10/h1-7H,(H3,12,13). The molecule has 64 valence electrons. The van der Waals surface area contributed by atoms with Crippen LogP contribution in [0.1, 0.15) is 5.56 Å². The quantitative estimate of drug-likeness (QED) is 0.499. The van der Waals surface area contributed by atoms with Gasteiger partial charge in [-0.3, -0.25) is 5.41 Å². The van der Waals surface area contributed by atoms with Gasteiger partial charge >= 0.3 is 0 Å². The first kappa shape index (κ1) is 7.80. The third-order valence-corrected chi connectivity index (χ3v) is 2.08. The summed E-state index contributed by atoms with van der Waals surface area (Å²) in [6.45, 7) is 0. The first-order chi connectivity index (χ1) is 6.29. The Kier molecular flexibility index (Phi) is 1.74. The molecule has 0 unspecified atom stereocenters. The summed E-state index contributed by atoms with van der Waals surface area (Å²) in [6, 6.07) is 13.7. The molecular weight excluding hydrogens is 160 g/mol. The van der Waals surface area contributed by atoms with E-state index < -0.39 is 0 Å². The van der Waals surface area contributed by atoms with E-state index in [2.05, 4.69) is 0 Å². The lowest BCUT2D eigenvalue weighted by molar-refractivity contribution is 1.44. The zero-order chi connectivity index (χ0) is 9.26. The molecular formula is C11H10N2. The average Bonchev–Trinajstić information content (AvgIpc) is 2.36. The molecule has 0 saturated carbocycles. The van der Waals surface area contributed by atoms with Gasteiger partial charge in [-0.05, 0) is 11.1 Å². The first-order valence-corrected chi connectivity index (χ1v) is 4.11. The van der Waals surface area contributed by atoms with Crippen molar-refractivity contribution in [2.24, 2.45) is 5.73 Å². The van der Waals surface area contributed by atoms with Gasteiger partial charge < -0.3 is 5.73 Å². The van der Waals surface area contributed by atoms with E-state index in [9.17, 15) is 0 Å². The molecule has 2 heteroatoms. The Bertz CT molecular complexity index is 420. The highest BCUT2D eigenvalue weighted by atomic mass is 14.7. The maximum Gasteiger partial charge on any atom is 0.123 e. The van der Waals surface area contributed by atoms with Gasteiger partial charge in [0.05, 0.1) is 0 Å². The van der Waals surface area contributed by atoms with Crippen LogP contribution in [-0.4, -0.2) is 5.84 Å². The number of rotatable bonds is 1. The normalized spacial score (nSPS) is 10.2. The number of nitrogens with one attached hydrogen (secondary N) is 1. The molecule has 0 aromatic carbocycles. The van der Waals surface area contributed by atoms with E-state index in [1.165, 1.54) is 0 Å². The summed E-state index contributed by atoms with van der Waals surface area (Å²) in [4.78, 5) is 0. The molecule has 2 nitrogen and oxygen atoms in total. The molecule has 0 aliphatic heterocycles. The Balaban J connectivity index is 2.68. The van der Waals surface area contributed by atoms with Crippen LogP contribution in [0.25, 0.3) is 11.1 Å².